The molecule has 1 heterocycles. The van der Waals surface area contributed by atoms with Gasteiger partial charge in [-0.2, -0.15) is 0 Å². The largest absolute Gasteiger partial charge is 0.493 e. The van der Waals surface area contributed by atoms with Gasteiger partial charge in [-0.25, -0.2) is 14.0 Å². The van der Waals surface area contributed by atoms with E-state index in [0.717, 1.165) is 7.11 Å². The van der Waals surface area contributed by atoms with Gasteiger partial charge in [0.1, 0.15) is 16.9 Å². The summed E-state index contributed by atoms with van der Waals surface area (Å²) in [4.78, 5) is 36.9. The van der Waals surface area contributed by atoms with E-state index in [1.54, 1.807) is 0 Å². The number of nitrogens with one attached hydrogen (secondary N) is 1. The number of methoxy groups -OCH3 is 1. The van der Waals surface area contributed by atoms with Gasteiger partial charge in [0.2, 0.25) is 0 Å². The maximum absolute atomic E-state index is 14.2. The zero-order valence-electron chi connectivity index (χ0n) is 12.0. The van der Waals surface area contributed by atoms with Crippen LogP contribution < -0.4 is 16.0 Å². The number of aromatic amines is 1. The van der Waals surface area contributed by atoms with E-state index in [1.807, 2.05) is 4.98 Å². The van der Waals surface area contributed by atoms with Gasteiger partial charge in [-0.3, -0.25) is 4.79 Å². The average molecular weight is 401 g/mol. The molecular formula is C14H10BrFN2O6. The summed E-state index contributed by atoms with van der Waals surface area (Å²) in [5.74, 6) is -5.16. The Labute approximate surface area is 141 Å². The molecule has 0 bridgehead atoms. The van der Waals surface area contributed by atoms with Gasteiger partial charge in [-0.05, 0) is 28.1 Å². The average Bonchev–Trinajstić information content (AvgIpc) is 2.48. The number of hydrogen-bond acceptors (Lipinski definition) is 5. The number of hydrogen-bond donors (Lipinski definition) is 4. The van der Waals surface area contributed by atoms with E-state index >= 15 is 0 Å². The summed E-state index contributed by atoms with van der Waals surface area (Å²) in [6.07, 6.45) is 0. The lowest BCUT2D eigenvalue weighted by molar-refractivity contribution is 0.0695. The Morgan fingerprint density at radius 2 is 1.83 bits per heavy atom. The lowest BCUT2D eigenvalue weighted by Crippen LogP contribution is -2.24. The van der Waals surface area contributed by atoms with Crippen LogP contribution in [0.15, 0.2) is 21.4 Å². The summed E-state index contributed by atoms with van der Waals surface area (Å²) in [5, 5.41) is 18.6. The van der Waals surface area contributed by atoms with Crippen LogP contribution in [0.5, 0.6) is 5.75 Å². The molecule has 8 nitrogen and oxygen atoms in total. The minimum absolute atomic E-state index is 0.00895. The van der Waals surface area contributed by atoms with Gasteiger partial charge >= 0.3 is 11.9 Å². The topological polar surface area (TPSA) is 143 Å². The van der Waals surface area contributed by atoms with Crippen molar-refractivity contribution >= 4 is 33.7 Å². The number of nitrogens with two attached hydrogens (primary N) is 1. The van der Waals surface area contributed by atoms with Gasteiger partial charge in [-0.1, -0.05) is 0 Å². The molecule has 24 heavy (non-hydrogen) atoms. The highest BCUT2D eigenvalue weighted by atomic mass is 79.9. The predicted molar refractivity (Wildman–Crippen MR) is 85.0 cm³/mol. The first kappa shape index (κ1) is 17.5. The number of carbonyl (C=O) groups is 2. The molecule has 0 aliphatic rings. The molecule has 126 valence electrons. The van der Waals surface area contributed by atoms with Crippen molar-refractivity contribution in [2.45, 2.75) is 0 Å². The molecular weight excluding hydrogens is 391 g/mol. The van der Waals surface area contributed by atoms with E-state index in [0.29, 0.717) is 0 Å². The third kappa shape index (κ3) is 2.71. The van der Waals surface area contributed by atoms with Crippen LogP contribution in [0.3, 0.4) is 0 Å². The quantitative estimate of drug-likeness (QED) is 0.613. The van der Waals surface area contributed by atoms with Crippen LogP contribution in [0.1, 0.15) is 20.7 Å². The summed E-state index contributed by atoms with van der Waals surface area (Å²) >= 11 is 2.94. The van der Waals surface area contributed by atoms with Crippen molar-refractivity contribution in [2.75, 3.05) is 12.8 Å². The van der Waals surface area contributed by atoms with Crippen molar-refractivity contribution in [1.82, 2.24) is 4.98 Å². The van der Waals surface area contributed by atoms with Crippen molar-refractivity contribution in [2.24, 2.45) is 0 Å². The van der Waals surface area contributed by atoms with Crippen LogP contribution in [-0.4, -0.2) is 34.2 Å². The second-order valence-electron chi connectivity index (χ2n) is 4.55. The molecule has 0 unspecified atom stereocenters. The standard InChI is InChI=1S/C14H10BrFN2O6/c1-24-10-4(2-3-5(15)9(10)16)6-7(13(20)21)11(17)18-12(19)8(6)14(22)23/h2-3H,1H3,(H,20,21)(H,22,23)(H3,17,18,19). The molecule has 5 N–H and O–H groups in total. The van der Waals surface area contributed by atoms with E-state index in [9.17, 15) is 29.0 Å². The van der Waals surface area contributed by atoms with Crippen LogP contribution in [0.4, 0.5) is 10.2 Å². The number of aromatic nitrogens is 1. The Kier molecular flexibility index (Phi) is 4.60. The van der Waals surface area contributed by atoms with Gasteiger partial charge < -0.3 is 25.7 Å². The van der Waals surface area contributed by atoms with E-state index < -0.39 is 51.6 Å². The Bertz CT molecular complexity index is 924. The summed E-state index contributed by atoms with van der Waals surface area (Å²) < 4.78 is 19.2. The summed E-state index contributed by atoms with van der Waals surface area (Å²) in [6, 6.07) is 2.45. The Morgan fingerprint density at radius 1 is 1.25 bits per heavy atom. The molecule has 10 heteroatoms. The summed E-state index contributed by atoms with van der Waals surface area (Å²) in [5.41, 5.74) is 2.06. The first-order chi connectivity index (χ1) is 11.2. The fourth-order valence-electron chi connectivity index (χ4n) is 2.24. The van der Waals surface area contributed by atoms with Crippen molar-refractivity contribution in [3.8, 4) is 16.9 Å². The summed E-state index contributed by atoms with van der Waals surface area (Å²) in [7, 11) is 1.12. The monoisotopic (exact) mass is 400 g/mol. The zero-order valence-corrected chi connectivity index (χ0v) is 13.6. The van der Waals surface area contributed by atoms with Gasteiger partial charge in [0.15, 0.2) is 11.6 Å². The first-order valence-electron chi connectivity index (χ1n) is 6.25. The molecule has 0 atom stereocenters. The van der Waals surface area contributed by atoms with E-state index in [4.69, 9.17) is 10.5 Å². The van der Waals surface area contributed by atoms with Crippen molar-refractivity contribution in [3.63, 3.8) is 0 Å². The predicted octanol–water partition coefficient (Wildman–Crippen LogP) is 1.93. The molecule has 0 aliphatic carbocycles. The molecule has 0 saturated carbocycles. The Morgan fingerprint density at radius 3 is 2.33 bits per heavy atom. The van der Waals surface area contributed by atoms with Crippen LogP contribution >= 0.6 is 15.9 Å². The molecule has 1 aromatic heterocycles. The molecule has 0 saturated heterocycles. The summed E-state index contributed by atoms with van der Waals surface area (Å²) in [6.45, 7) is 0. The normalized spacial score (nSPS) is 10.5. The highest BCUT2D eigenvalue weighted by molar-refractivity contribution is 9.10. The minimum Gasteiger partial charge on any atom is -0.493 e. The lowest BCUT2D eigenvalue weighted by Gasteiger charge is -2.15. The van der Waals surface area contributed by atoms with Gasteiger partial charge in [0.05, 0.1) is 11.6 Å². The number of ether oxygens (including phenoxy) is 1. The number of anilines is 1. The molecule has 1 aromatic carbocycles. The maximum atomic E-state index is 14.2. The van der Waals surface area contributed by atoms with Gasteiger partial charge in [0.25, 0.3) is 5.56 Å². The molecule has 0 fully saturated rings. The fourth-order valence-corrected chi connectivity index (χ4v) is 2.56. The van der Waals surface area contributed by atoms with E-state index in [2.05, 4.69) is 15.9 Å². The smallest absolute Gasteiger partial charge is 0.342 e. The fraction of sp³-hybridized carbons (Fsp3) is 0.0714. The number of carboxylic acid groups (broad SMARTS) is 2. The van der Waals surface area contributed by atoms with E-state index in [1.165, 1.54) is 12.1 Å². The number of benzene rings is 1. The number of halogens is 2. The molecule has 0 amide bonds. The Hall–Kier alpha value is -2.88. The second-order valence-corrected chi connectivity index (χ2v) is 5.40. The zero-order chi connectivity index (χ0) is 18.2. The van der Waals surface area contributed by atoms with Crippen LogP contribution in [-0.2, 0) is 0 Å². The molecule has 0 spiro atoms. The van der Waals surface area contributed by atoms with E-state index in [-0.39, 0.29) is 10.0 Å². The van der Waals surface area contributed by atoms with Crippen LogP contribution in [0, 0.1) is 5.82 Å². The first-order valence-corrected chi connectivity index (χ1v) is 7.04. The number of rotatable bonds is 4. The Balaban J connectivity index is 3.09. The van der Waals surface area contributed by atoms with Gasteiger partial charge in [-0.15, -0.1) is 0 Å². The van der Waals surface area contributed by atoms with Crippen LogP contribution in [0.25, 0.3) is 11.1 Å². The SMILES string of the molecule is COc1c(-c2c(C(=O)O)c(N)[nH]c(=O)c2C(=O)O)ccc(Br)c1F. The van der Waals surface area contributed by atoms with Crippen LogP contribution in [0.2, 0.25) is 0 Å². The third-order valence-electron chi connectivity index (χ3n) is 3.20. The van der Waals surface area contributed by atoms with Crippen molar-refractivity contribution < 1.29 is 28.9 Å². The second kappa shape index (κ2) is 6.32. The number of nitrogen functional groups attached to an aromatic ring is 1. The molecule has 2 rings (SSSR count). The van der Waals surface area contributed by atoms with Gasteiger partial charge in [0, 0.05) is 11.1 Å². The minimum atomic E-state index is -1.70. The molecule has 0 radical (unpaired) electrons. The number of pyridine rings is 1. The number of aromatic carboxylic acids is 2. The highest BCUT2D eigenvalue weighted by Crippen LogP contribution is 2.39. The molecule has 2 aromatic rings. The maximum Gasteiger partial charge on any atom is 0.342 e. The molecule has 0 aliphatic heterocycles. The third-order valence-corrected chi connectivity index (χ3v) is 3.81. The van der Waals surface area contributed by atoms with Crippen molar-refractivity contribution in [1.29, 1.82) is 0 Å². The highest BCUT2D eigenvalue weighted by Gasteiger charge is 2.29. The number of carboxylic acids is 2. The lowest BCUT2D eigenvalue weighted by atomic mass is 9.94. The number of H-pyrrole nitrogens is 1. The van der Waals surface area contributed by atoms with Crippen molar-refractivity contribution in [3.05, 3.63) is 43.9 Å².